The fourth-order valence-electron chi connectivity index (χ4n) is 1.66. The van der Waals surface area contributed by atoms with Gasteiger partial charge in [-0.15, -0.1) is 0 Å². The minimum atomic E-state index is 0.0950. The smallest absolute Gasteiger partial charge is 0.143 e. The molecule has 0 fully saturated rings. The number of aromatic nitrogens is 2. The highest BCUT2D eigenvalue weighted by molar-refractivity contribution is 6.35. The summed E-state index contributed by atoms with van der Waals surface area (Å²) in [5.74, 6) is 0.0950. The lowest BCUT2D eigenvalue weighted by molar-refractivity contribution is 0.480. The maximum atomic E-state index is 9.69. The zero-order chi connectivity index (χ0) is 11.1. The molecular formula is C12H7ClN2O. The number of nitrogens with zero attached hydrogens (tertiary/aromatic N) is 2. The maximum absolute atomic E-state index is 9.69. The number of benzene rings is 2. The third-order valence-electron chi connectivity index (χ3n) is 2.43. The second kappa shape index (κ2) is 3.32. The van der Waals surface area contributed by atoms with Gasteiger partial charge in [0.05, 0.1) is 16.1 Å². The van der Waals surface area contributed by atoms with Crippen molar-refractivity contribution in [3.05, 3.63) is 41.4 Å². The lowest BCUT2D eigenvalue weighted by Crippen LogP contribution is -1.88. The van der Waals surface area contributed by atoms with Crippen LogP contribution in [0.2, 0.25) is 5.02 Å². The van der Waals surface area contributed by atoms with Crippen molar-refractivity contribution in [2.75, 3.05) is 0 Å². The van der Waals surface area contributed by atoms with Crippen molar-refractivity contribution < 1.29 is 5.11 Å². The number of hydrogen-bond donors (Lipinski definition) is 1. The van der Waals surface area contributed by atoms with Gasteiger partial charge in [-0.05, 0) is 24.3 Å². The fraction of sp³-hybridized carbons (Fsp3) is 0. The van der Waals surface area contributed by atoms with Gasteiger partial charge >= 0.3 is 0 Å². The van der Waals surface area contributed by atoms with Gasteiger partial charge in [0.25, 0.3) is 0 Å². The highest BCUT2D eigenvalue weighted by Crippen LogP contribution is 2.29. The predicted molar refractivity (Wildman–Crippen MR) is 63.7 cm³/mol. The molecule has 78 valence electrons. The normalized spacial score (nSPS) is 11.1. The molecule has 0 spiro atoms. The Hall–Kier alpha value is -1.87. The van der Waals surface area contributed by atoms with E-state index in [1.807, 2.05) is 24.3 Å². The average Bonchev–Trinajstić information content (AvgIpc) is 2.32. The first-order chi connectivity index (χ1) is 7.75. The van der Waals surface area contributed by atoms with Gasteiger partial charge in [0.1, 0.15) is 16.8 Å². The minimum Gasteiger partial charge on any atom is -0.506 e. The molecule has 0 unspecified atom stereocenters. The summed E-state index contributed by atoms with van der Waals surface area (Å²) >= 11 is 6.02. The van der Waals surface area contributed by atoms with Crippen LogP contribution in [0, 0.1) is 0 Å². The lowest BCUT2D eigenvalue weighted by atomic mass is 10.2. The number of phenols is 1. The SMILES string of the molecule is Oc1ccc(Cl)c2nc3ccccc3nc12. The molecule has 1 heterocycles. The molecule has 1 aromatic heterocycles. The minimum absolute atomic E-state index is 0.0950. The first-order valence-corrected chi connectivity index (χ1v) is 5.17. The Bertz CT molecular complexity index is 637. The van der Waals surface area contributed by atoms with E-state index < -0.39 is 0 Å². The molecule has 0 radical (unpaired) electrons. The fourth-order valence-corrected chi connectivity index (χ4v) is 1.85. The predicted octanol–water partition coefficient (Wildman–Crippen LogP) is 3.14. The summed E-state index contributed by atoms with van der Waals surface area (Å²) in [6, 6.07) is 10.6. The van der Waals surface area contributed by atoms with Crippen LogP contribution in [0.15, 0.2) is 36.4 Å². The van der Waals surface area contributed by atoms with Crippen LogP contribution < -0.4 is 0 Å². The molecule has 0 aliphatic rings. The third-order valence-corrected chi connectivity index (χ3v) is 2.73. The zero-order valence-corrected chi connectivity index (χ0v) is 8.94. The topological polar surface area (TPSA) is 46.0 Å². The molecule has 0 saturated carbocycles. The van der Waals surface area contributed by atoms with Crippen LogP contribution in [0.25, 0.3) is 22.1 Å². The third kappa shape index (κ3) is 1.29. The Kier molecular flexibility index (Phi) is 1.94. The van der Waals surface area contributed by atoms with Gasteiger partial charge in [0, 0.05) is 0 Å². The summed E-state index contributed by atoms with van der Waals surface area (Å²) < 4.78 is 0. The number of hydrogen-bond acceptors (Lipinski definition) is 3. The summed E-state index contributed by atoms with van der Waals surface area (Å²) in [7, 11) is 0. The molecule has 2 aromatic carbocycles. The Balaban J connectivity index is 2.56. The molecule has 3 rings (SSSR count). The standard InChI is InChI=1S/C12H7ClN2O/c13-7-5-6-10(16)12-11(7)14-8-3-1-2-4-9(8)15-12/h1-6,16H. The molecular weight excluding hydrogens is 224 g/mol. The number of para-hydroxylation sites is 2. The summed E-state index contributed by atoms with van der Waals surface area (Å²) in [5.41, 5.74) is 2.47. The van der Waals surface area contributed by atoms with Gasteiger partial charge in [-0.25, -0.2) is 9.97 Å². The Morgan fingerprint density at radius 1 is 0.875 bits per heavy atom. The number of rotatable bonds is 0. The molecule has 4 heteroatoms. The summed E-state index contributed by atoms with van der Waals surface area (Å²) in [6.07, 6.45) is 0. The van der Waals surface area contributed by atoms with Crippen LogP contribution in [-0.2, 0) is 0 Å². The molecule has 0 aliphatic carbocycles. The molecule has 3 aromatic rings. The van der Waals surface area contributed by atoms with Crippen LogP contribution in [0.5, 0.6) is 5.75 Å². The summed E-state index contributed by atoms with van der Waals surface area (Å²) in [5, 5.41) is 10.2. The van der Waals surface area contributed by atoms with Crippen LogP contribution >= 0.6 is 11.6 Å². The van der Waals surface area contributed by atoms with Gasteiger partial charge in [0.15, 0.2) is 0 Å². The van der Waals surface area contributed by atoms with Crippen LogP contribution in [0.3, 0.4) is 0 Å². The Morgan fingerprint density at radius 2 is 1.50 bits per heavy atom. The van der Waals surface area contributed by atoms with Crippen molar-refractivity contribution in [1.82, 2.24) is 9.97 Å². The van der Waals surface area contributed by atoms with E-state index in [9.17, 15) is 5.11 Å². The second-order valence-electron chi connectivity index (χ2n) is 3.48. The molecule has 0 amide bonds. The van der Waals surface area contributed by atoms with E-state index in [1.54, 1.807) is 6.07 Å². The first kappa shape index (κ1) is 9.36. The first-order valence-electron chi connectivity index (χ1n) is 4.80. The summed E-state index contributed by atoms with van der Waals surface area (Å²) in [4.78, 5) is 8.72. The number of halogens is 1. The molecule has 0 saturated heterocycles. The van der Waals surface area contributed by atoms with Crippen molar-refractivity contribution in [3.8, 4) is 5.75 Å². The van der Waals surface area contributed by atoms with Gasteiger partial charge in [-0.2, -0.15) is 0 Å². The molecule has 0 atom stereocenters. The monoisotopic (exact) mass is 230 g/mol. The van der Waals surface area contributed by atoms with Gasteiger partial charge in [-0.3, -0.25) is 0 Å². The summed E-state index contributed by atoms with van der Waals surface area (Å²) in [6.45, 7) is 0. The van der Waals surface area contributed by atoms with Crippen molar-refractivity contribution in [2.24, 2.45) is 0 Å². The van der Waals surface area contributed by atoms with Crippen molar-refractivity contribution in [2.45, 2.75) is 0 Å². The molecule has 1 N–H and O–H groups in total. The van der Waals surface area contributed by atoms with E-state index in [-0.39, 0.29) is 5.75 Å². The van der Waals surface area contributed by atoms with E-state index >= 15 is 0 Å². The number of aromatic hydroxyl groups is 1. The Labute approximate surface area is 96.3 Å². The molecule has 16 heavy (non-hydrogen) atoms. The molecule has 0 aliphatic heterocycles. The maximum Gasteiger partial charge on any atom is 0.143 e. The van der Waals surface area contributed by atoms with Gasteiger partial charge in [-0.1, -0.05) is 23.7 Å². The van der Waals surface area contributed by atoms with Crippen LogP contribution in [0.1, 0.15) is 0 Å². The number of fused-ring (bicyclic) bond motifs is 2. The Morgan fingerprint density at radius 3 is 2.19 bits per heavy atom. The van der Waals surface area contributed by atoms with Crippen molar-refractivity contribution in [1.29, 1.82) is 0 Å². The van der Waals surface area contributed by atoms with Crippen LogP contribution in [0.4, 0.5) is 0 Å². The van der Waals surface area contributed by atoms with Crippen LogP contribution in [-0.4, -0.2) is 15.1 Å². The van der Waals surface area contributed by atoms with E-state index in [1.165, 1.54) is 6.07 Å². The number of phenolic OH excluding ortho intramolecular Hbond substituents is 1. The van der Waals surface area contributed by atoms with Gasteiger partial charge in [0.2, 0.25) is 0 Å². The lowest BCUT2D eigenvalue weighted by Gasteiger charge is -2.03. The van der Waals surface area contributed by atoms with E-state index in [4.69, 9.17) is 11.6 Å². The van der Waals surface area contributed by atoms with Crippen molar-refractivity contribution in [3.63, 3.8) is 0 Å². The molecule has 0 bridgehead atoms. The zero-order valence-electron chi connectivity index (χ0n) is 8.18. The largest absolute Gasteiger partial charge is 0.506 e. The van der Waals surface area contributed by atoms with E-state index in [2.05, 4.69) is 9.97 Å². The quantitative estimate of drug-likeness (QED) is 0.604. The highest BCUT2D eigenvalue weighted by Gasteiger charge is 2.08. The highest BCUT2D eigenvalue weighted by atomic mass is 35.5. The second-order valence-corrected chi connectivity index (χ2v) is 3.88. The molecule has 3 nitrogen and oxygen atoms in total. The van der Waals surface area contributed by atoms with E-state index in [0.29, 0.717) is 16.1 Å². The van der Waals surface area contributed by atoms with Gasteiger partial charge < -0.3 is 5.11 Å². The van der Waals surface area contributed by atoms with Crippen molar-refractivity contribution >= 4 is 33.7 Å². The van der Waals surface area contributed by atoms with E-state index in [0.717, 1.165) is 11.0 Å². The average molecular weight is 231 g/mol.